The van der Waals surface area contributed by atoms with Gasteiger partial charge in [0.1, 0.15) is 0 Å². The minimum Gasteiger partial charge on any atom is -0.293 e. The zero-order chi connectivity index (χ0) is 15.0. The largest absolute Gasteiger partial charge is 0.293 e. The molecule has 0 N–H and O–H groups in total. The molecule has 2 aromatic heterocycles. The van der Waals surface area contributed by atoms with E-state index in [2.05, 4.69) is 5.10 Å². The van der Waals surface area contributed by atoms with Crippen molar-refractivity contribution in [2.24, 2.45) is 7.05 Å². The second kappa shape index (κ2) is 5.62. The van der Waals surface area contributed by atoms with Crippen LogP contribution in [0.4, 0.5) is 0 Å². The van der Waals surface area contributed by atoms with Gasteiger partial charge in [-0.2, -0.15) is 5.10 Å². The highest BCUT2D eigenvalue weighted by Gasteiger charge is 2.18. The van der Waals surface area contributed by atoms with Crippen molar-refractivity contribution < 1.29 is 4.79 Å². The Morgan fingerprint density at radius 2 is 2.14 bits per heavy atom. The minimum absolute atomic E-state index is 0.0868. The third-order valence-electron chi connectivity index (χ3n) is 3.53. The second-order valence-electron chi connectivity index (χ2n) is 4.93. The molecule has 0 bridgehead atoms. The standard InChI is InChI=1S/C16H15ClN2OS/c1-3-11-16(17)12(19(2)18-11)9-13(20)15-8-10-6-4-5-7-14(10)21-15/h4-8H,3,9H2,1-2H3. The average molecular weight is 319 g/mol. The lowest BCUT2D eigenvalue weighted by Gasteiger charge is -2.00. The Labute approximate surface area is 132 Å². The fraction of sp³-hybridized carbons (Fsp3) is 0.250. The number of rotatable bonds is 4. The first-order chi connectivity index (χ1) is 10.1. The molecule has 0 atom stereocenters. The van der Waals surface area contributed by atoms with Gasteiger partial charge in [-0.05, 0) is 23.9 Å². The highest BCUT2D eigenvalue weighted by atomic mass is 35.5. The molecule has 0 unspecified atom stereocenters. The van der Waals surface area contributed by atoms with E-state index in [9.17, 15) is 4.79 Å². The van der Waals surface area contributed by atoms with E-state index < -0.39 is 0 Å². The van der Waals surface area contributed by atoms with Crippen molar-refractivity contribution in [1.82, 2.24) is 9.78 Å². The maximum atomic E-state index is 12.5. The number of benzene rings is 1. The Morgan fingerprint density at radius 3 is 2.81 bits per heavy atom. The maximum Gasteiger partial charge on any atom is 0.178 e. The third kappa shape index (κ3) is 2.61. The molecular weight excluding hydrogens is 304 g/mol. The Balaban J connectivity index is 1.91. The van der Waals surface area contributed by atoms with E-state index in [-0.39, 0.29) is 12.2 Å². The van der Waals surface area contributed by atoms with E-state index in [1.165, 1.54) is 11.3 Å². The monoisotopic (exact) mass is 318 g/mol. The van der Waals surface area contributed by atoms with Crippen LogP contribution in [0.15, 0.2) is 30.3 Å². The molecule has 3 rings (SSSR count). The topological polar surface area (TPSA) is 34.9 Å². The predicted octanol–water partition coefficient (Wildman–Crippen LogP) is 4.28. The molecular formula is C16H15ClN2OS. The minimum atomic E-state index is 0.0868. The van der Waals surface area contributed by atoms with Crippen molar-refractivity contribution in [2.45, 2.75) is 19.8 Å². The van der Waals surface area contributed by atoms with Crippen molar-refractivity contribution in [1.29, 1.82) is 0 Å². The van der Waals surface area contributed by atoms with E-state index in [1.807, 2.05) is 44.3 Å². The molecule has 2 heterocycles. The van der Waals surface area contributed by atoms with Crippen LogP contribution >= 0.6 is 22.9 Å². The molecule has 5 heteroatoms. The third-order valence-corrected chi connectivity index (χ3v) is 5.12. The Morgan fingerprint density at radius 1 is 1.38 bits per heavy atom. The molecule has 0 aliphatic heterocycles. The fourth-order valence-electron chi connectivity index (χ4n) is 2.37. The summed E-state index contributed by atoms with van der Waals surface area (Å²) in [5, 5.41) is 6.08. The van der Waals surface area contributed by atoms with Gasteiger partial charge in [-0.25, -0.2) is 0 Å². The number of aryl methyl sites for hydroxylation is 2. The van der Waals surface area contributed by atoms with E-state index in [1.54, 1.807) is 4.68 Å². The first-order valence-electron chi connectivity index (χ1n) is 6.82. The van der Waals surface area contributed by atoms with Gasteiger partial charge in [-0.15, -0.1) is 11.3 Å². The maximum absolute atomic E-state index is 12.5. The van der Waals surface area contributed by atoms with Gasteiger partial charge in [0.15, 0.2) is 5.78 Å². The summed E-state index contributed by atoms with van der Waals surface area (Å²) in [7, 11) is 1.83. The summed E-state index contributed by atoms with van der Waals surface area (Å²) in [5.41, 5.74) is 1.63. The quantitative estimate of drug-likeness (QED) is 0.673. The Hall–Kier alpha value is -1.65. The van der Waals surface area contributed by atoms with Crippen LogP contribution in [0.2, 0.25) is 5.02 Å². The lowest BCUT2D eigenvalue weighted by molar-refractivity contribution is 0.0994. The highest BCUT2D eigenvalue weighted by molar-refractivity contribution is 7.20. The molecule has 0 saturated heterocycles. The van der Waals surface area contributed by atoms with Gasteiger partial charge in [0.25, 0.3) is 0 Å². The van der Waals surface area contributed by atoms with Gasteiger partial charge in [0.2, 0.25) is 0 Å². The van der Waals surface area contributed by atoms with Crippen LogP contribution < -0.4 is 0 Å². The van der Waals surface area contributed by atoms with E-state index in [0.29, 0.717) is 5.02 Å². The lowest BCUT2D eigenvalue weighted by atomic mass is 10.1. The Bertz CT molecular complexity index is 786. The van der Waals surface area contributed by atoms with Crippen LogP contribution in [0.5, 0.6) is 0 Å². The molecule has 3 aromatic rings. The number of carbonyl (C=O) groups excluding carboxylic acids is 1. The number of hydrogen-bond acceptors (Lipinski definition) is 3. The van der Waals surface area contributed by atoms with Crippen molar-refractivity contribution in [3.8, 4) is 0 Å². The van der Waals surface area contributed by atoms with Crippen LogP contribution in [-0.2, 0) is 19.9 Å². The summed E-state index contributed by atoms with van der Waals surface area (Å²) in [6.07, 6.45) is 1.05. The van der Waals surface area contributed by atoms with Gasteiger partial charge >= 0.3 is 0 Å². The average Bonchev–Trinajstić information content (AvgIpc) is 3.03. The zero-order valence-corrected chi connectivity index (χ0v) is 13.5. The van der Waals surface area contributed by atoms with Crippen LogP contribution in [0.3, 0.4) is 0 Å². The van der Waals surface area contributed by atoms with Gasteiger partial charge in [-0.1, -0.05) is 36.7 Å². The Kier molecular flexibility index (Phi) is 3.83. The van der Waals surface area contributed by atoms with Crippen molar-refractivity contribution >= 4 is 38.8 Å². The molecule has 21 heavy (non-hydrogen) atoms. The van der Waals surface area contributed by atoms with Crippen molar-refractivity contribution in [3.63, 3.8) is 0 Å². The first-order valence-corrected chi connectivity index (χ1v) is 8.01. The molecule has 0 spiro atoms. The number of fused-ring (bicyclic) bond motifs is 1. The summed E-state index contributed by atoms with van der Waals surface area (Å²) in [6.45, 7) is 2.01. The number of nitrogens with zero attached hydrogens (tertiary/aromatic N) is 2. The summed E-state index contributed by atoms with van der Waals surface area (Å²) >= 11 is 7.83. The normalized spacial score (nSPS) is 11.2. The highest BCUT2D eigenvalue weighted by Crippen LogP contribution is 2.28. The number of ketones is 1. The van der Waals surface area contributed by atoms with Gasteiger partial charge in [-0.3, -0.25) is 9.48 Å². The molecule has 0 radical (unpaired) electrons. The molecule has 3 nitrogen and oxygen atoms in total. The summed E-state index contributed by atoms with van der Waals surface area (Å²) in [4.78, 5) is 13.3. The molecule has 108 valence electrons. The number of aromatic nitrogens is 2. The number of carbonyl (C=O) groups is 1. The van der Waals surface area contributed by atoms with E-state index in [4.69, 9.17) is 11.6 Å². The molecule has 0 saturated carbocycles. The lowest BCUT2D eigenvalue weighted by Crippen LogP contribution is -2.06. The van der Waals surface area contributed by atoms with Gasteiger partial charge in [0.05, 0.1) is 27.7 Å². The zero-order valence-electron chi connectivity index (χ0n) is 11.9. The smallest absolute Gasteiger partial charge is 0.178 e. The number of Topliss-reactive ketones (excluding diaryl/α,β-unsaturated/α-hetero) is 1. The second-order valence-corrected chi connectivity index (χ2v) is 6.39. The van der Waals surface area contributed by atoms with Crippen LogP contribution in [0.1, 0.15) is 28.0 Å². The molecule has 0 aliphatic rings. The van der Waals surface area contributed by atoms with E-state index >= 15 is 0 Å². The first kappa shape index (κ1) is 14.3. The number of halogens is 1. The van der Waals surface area contributed by atoms with Crippen LogP contribution in [0, 0.1) is 0 Å². The van der Waals surface area contributed by atoms with E-state index in [0.717, 1.165) is 32.8 Å². The molecule has 0 amide bonds. The van der Waals surface area contributed by atoms with Crippen molar-refractivity contribution in [2.75, 3.05) is 0 Å². The molecule has 0 fully saturated rings. The molecule has 0 aliphatic carbocycles. The van der Waals surface area contributed by atoms with Gasteiger partial charge < -0.3 is 0 Å². The summed E-state index contributed by atoms with van der Waals surface area (Å²) < 4.78 is 2.85. The fourth-order valence-corrected chi connectivity index (χ4v) is 3.73. The van der Waals surface area contributed by atoms with Crippen LogP contribution in [-0.4, -0.2) is 15.6 Å². The van der Waals surface area contributed by atoms with Gasteiger partial charge in [0, 0.05) is 11.7 Å². The molecule has 1 aromatic carbocycles. The number of thiophene rings is 1. The summed E-state index contributed by atoms with van der Waals surface area (Å²) in [5.74, 6) is 0.0868. The summed E-state index contributed by atoms with van der Waals surface area (Å²) in [6, 6.07) is 9.97. The predicted molar refractivity (Wildman–Crippen MR) is 87.5 cm³/mol. The number of hydrogen-bond donors (Lipinski definition) is 0. The SMILES string of the molecule is CCc1nn(C)c(CC(=O)c2cc3ccccc3s2)c1Cl. The van der Waals surface area contributed by atoms with Crippen LogP contribution in [0.25, 0.3) is 10.1 Å². The van der Waals surface area contributed by atoms with Crippen molar-refractivity contribution in [3.05, 3.63) is 51.6 Å².